The topological polar surface area (TPSA) is 12.4 Å². The van der Waals surface area contributed by atoms with Crippen LogP contribution in [0.25, 0.3) is 0 Å². The first-order valence-electron chi connectivity index (χ1n) is 10.5. The molecular formula is C24H44NPTi. The van der Waals surface area contributed by atoms with E-state index in [-0.39, 0.29) is 21.7 Å². The third-order valence-corrected chi connectivity index (χ3v) is 12.0. The van der Waals surface area contributed by atoms with Crippen LogP contribution in [0.2, 0.25) is 0 Å². The van der Waals surface area contributed by atoms with Gasteiger partial charge >= 0.3 is 0 Å². The molecule has 1 aliphatic carbocycles. The van der Waals surface area contributed by atoms with Crippen molar-refractivity contribution in [2.75, 3.05) is 0 Å². The van der Waals surface area contributed by atoms with Gasteiger partial charge in [0.15, 0.2) is 0 Å². The predicted molar refractivity (Wildman–Crippen MR) is 125 cm³/mol. The Morgan fingerprint density at radius 3 is 1.74 bits per heavy atom. The van der Waals surface area contributed by atoms with E-state index in [4.69, 9.17) is 4.74 Å². The van der Waals surface area contributed by atoms with E-state index in [1.54, 1.807) is 0 Å². The summed E-state index contributed by atoms with van der Waals surface area (Å²) in [5, 5.41) is 0. The van der Waals surface area contributed by atoms with Crippen LogP contribution >= 0.6 is 7.05 Å². The number of allylic oxidation sites excluding steroid dienone is 6. The molecule has 0 radical (unpaired) electrons. The van der Waals surface area contributed by atoms with Crippen molar-refractivity contribution < 1.29 is 21.7 Å². The van der Waals surface area contributed by atoms with Gasteiger partial charge in [0.2, 0.25) is 0 Å². The zero-order valence-electron chi connectivity index (χ0n) is 19.5. The van der Waals surface area contributed by atoms with Crippen molar-refractivity contribution in [3.05, 3.63) is 47.7 Å². The average Bonchev–Trinajstić information content (AvgIpc) is 3.16. The molecule has 0 amide bonds. The molecule has 0 aromatic rings. The zero-order chi connectivity index (χ0) is 20.3. The zero-order valence-corrected chi connectivity index (χ0v) is 21.9. The van der Waals surface area contributed by atoms with E-state index >= 15 is 0 Å². The van der Waals surface area contributed by atoms with Gasteiger partial charge < -0.3 is 0 Å². The predicted octanol–water partition coefficient (Wildman–Crippen LogP) is 8.95. The SMILES string of the molecule is C=C(C)C(C)=CC.CCC(C)P(=NC1=CC=CC1)(C(C)CC)C(C)CC.[Ti]. The molecule has 0 bridgehead atoms. The van der Waals surface area contributed by atoms with Crippen LogP contribution in [-0.4, -0.2) is 17.0 Å². The molecule has 0 aromatic carbocycles. The Morgan fingerprint density at radius 1 is 1.07 bits per heavy atom. The van der Waals surface area contributed by atoms with Gasteiger partial charge in [0.25, 0.3) is 0 Å². The van der Waals surface area contributed by atoms with Crippen LogP contribution in [-0.2, 0) is 21.7 Å². The van der Waals surface area contributed by atoms with Gasteiger partial charge in [-0.3, -0.25) is 4.74 Å². The normalized spacial score (nSPS) is 18.9. The fourth-order valence-corrected chi connectivity index (χ4v) is 9.00. The van der Waals surface area contributed by atoms with Crippen molar-refractivity contribution in [3.8, 4) is 0 Å². The summed E-state index contributed by atoms with van der Waals surface area (Å²) in [6.45, 7) is 24.2. The third-order valence-electron chi connectivity index (χ3n) is 6.05. The Labute approximate surface area is 185 Å². The van der Waals surface area contributed by atoms with E-state index in [0.717, 1.165) is 29.0 Å². The fraction of sp³-hybridized carbons (Fsp3) is 0.667. The molecule has 0 heterocycles. The summed E-state index contributed by atoms with van der Waals surface area (Å²) in [5.41, 5.74) is 6.01. The first-order valence-corrected chi connectivity index (χ1v) is 12.4. The monoisotopic (exact) mass is 425 g/mol. The molecule has 0 saturated carbocycles. The van der Waals surface area contributed by atoms with E-state index < -0.39 is 7.05 Å². The van der Waals surface area contributed by atoms with Crippen molar-refractivity contribution in [1.82, 2.24) is 0 Å². The minimum atomic E-state index is -1.30. The maximum absolute atomic E-state index is 5.43. The number of hydrogen-bond donors (Lipinski definition) is 0. The Kier molecular flexibility index (Phi) is 16.0. The molecule has 0 spiro atoms. The van der Waals surface area contributed by atoms with Gasteiger partial charge in [-0.25, -0.2) is 0 Å². The second kappa shape index (κ2) is 14.8. The van der Waals surface area contributed by atoms with Crippen molar-refractivity contribution in [2.45, 2.75) is 105 Å². The van der Waals surface area contributed by atoms with Crippen LogP contribution in [0.4, 0.5) is 0 Å². The van der Waals surface area contributed by atoms with Crippen LogP contribution in [0.3, 0.4) is 0 Å². The van der Waals surface area contributed by atoms with Crippen LogP contribution in [0, 0.1) is 0 Å². The molecule has 3 heteroatoms. The Balaban J connectivity index is 0. The summed E-state index contributed by atoms with van der Waals surface area (Å²) in [7, 11) is -1.30. The second-order valence-corrected chi connectivity index (χ2v) is 12.1. The van der Waals surface area contributed by atoms with E-state index in [1.807, 2.05) is 13.8 Å². The van der Waals surface area contributed by atoms with Crippen molar-refractivity contribution in [1.29, 1.82) is 0 Å². The summed E-state index contributed by atoms with van der Waals surface area (Å²) in [4.78, 5) is 0. The van der Waals surface area contributed by atoms with Crippen molar-refractivity contribution >= 4 is 7.05 Å². The van der Waals surface area contributed by atoms with Crippen LogP contribution in [0.5, 0.6) is 0 Å². The molecule has 0 N–H and O–H groups in total. The first-order chi connectivity index (χ1) is 12.2. The maximum Gasteiger partial charge on any atom is 0.0425 e. The molecular weight excluding hydrogens is 381 g/mol. The molecule has 3 unspecified atom stereocenters. The number of nitrogens with zero attached hydrogens (tertiary/aromatic N) is 1. The first kappa shape index (κ1) is 29.1. The van der Waals surface area contributed by atoms with Gasteiger partial charge in [-0.1, -0.05) is 77.5 Å². The van der Waals surface area contributed by atoms with Crippen LogP contribution in [0.15, 0.2) is 52.5 Å². The molecule has 1 aliphatic rings. The fourth-order valence-electron chi connectivity index (χ4n) is 3.46. The second-order valence-electron chi connectivity index (χ2n) is 7.71. The van der Waals surface area contributed by atoms with Gasteiger partial charge in [-0.05, 0) is 70.1 Å². The number of rotatable bonds is 8. The van der Waals surface area contributed by atoms with Gasteiger partial charge in [-0.15, -0.1) is 0 Å². The molecule has 1 nitrogen and oxygen atoms in total. The van der Waals surface area contributed by atoms with Gasteiger partial charge in [0.05, 0.1) is 0 Å². The largest absolute Gasteiger partial charge is 0.271 e. The molecule has 1 rings (SSSR count). The summed E-state index contributed by atoms with van der Waals surface area (Å²) in [5.74, 6) is 0. The Bertz CT molecular complexity index is 550. The summed E-state index contributed by atoms with van der Waals surface area (Å²) in [6, 6.07) is 0. The number of hydrogen-bond acceptors (Lipinski definition) is 1. The molecule has 0 aliphatic heterocycles. The smallest absolute Gasteiger partial charge is 0.0425 e. The van der Waals surface area contributed by atoms with Crippen LogP contribution < -0.4 is 0 Å². The minimum Gasteiger partial charge on any atom is -0.271 e. The van der Waals surface area contributed by atoms with Gasteiger partial charge in [0, 0.05) is 33.8 Å². The van der Waals surface area contributed by atoms with Crippen molar-refractivity contribution in [2.24, 2.45) is 4.74 Å². The van der Waals surface area contributed by atoms with Gasteiger partial charge in [-0.2, -0.15) is 0 Å². The minimum absolute atomic E-state index is 0. The molecule has 0 fully saturated rings. The Morgan fingerprint density at radius 2 is 1.52 bits per heavy atom. The maximum atomic E-state index is 5.43. The summed E-state index contributed by atoms with van der Waals surface area (Å²) >= 11 is 0. The van der Waals surface area contributed by atoms with E-state index in [2.05, 4.69) is 79.3 Å². The van der Waals surface area contributed by atoms with E-state index in [9.17, 15) is 0 Å². The molecule has 27 heavy (non-hydrogen) atoms. The average molecular weight is 425 g/mol. The molecule has 154 valence electrons. The van der Waals surface area contributed by atoms with E-state index in [1.165, 1.54) is 30.5 Å². The molecule has 3 atom stereocenters. The van der Waals surface area contributed by atoms with Crippen LogP contribution in [0.1, 0.15) is 88.0 Å². The standard InChI is InChI=1S/C17H32NP.C7H12.Ti/c1-7-14(4)19(15(5)8-2,16(6)9-3)18-17-12-10-11-13-17;1-5-7(4)6(2)3;/h10-12,14-16H,7-9,13H2,1-6H3;5H,2H2,1,3-4H3;. The Hall–Kier alpha value is -0.0957. The van der Waals surface area contributed by atoms with Crippen molar-refractivity contribution in [3.63, 3.8) is 0 Å². The molecule has 0 saturated heterocycles. The quantitative estimate of drug-likeness (QED) is 0.209. The summed E-state index contributed by atoms with van der Waals surface area (Å²) in [6.07, 6.45) is 13.5. The third kappa shape index (κ3) is 8.43. The molecule has 0 aromatic heterocycles. The summed E-state index contributed by atoms with van der Waals surface area (Å²) < 4.78 is 5.43. The van der Waals surface area contributed by atoms with E-state index in [0.29, 0.717) is 0 Å². The van der Waals surface area contributed by atoms with Gasteiger partial charge in [0.1, 0.15) is 0 Å².